The lowest BCUT2D eigenvalue weighted by molar-refractivity contribution is 0.0498. The minimum atomic E-state index is -0.665. The van der Waals surface area contributed by atoms with Crippen molar-refractivity contribution in [2.75, 3.05) is 13.2 Å². The summed E-state index contributed by atoms with van der Waals surface area (Å²) in [6.07, 6.45) is 2.28. The molecule has 0 saturated heterocycles. The Kier molecular flexibility index (Phi) is 4.28. The summed E-state index contributed by atoms with van der Waals surface area (Å²) in [5.74, 6) is -0.986. The number of imidazole rings is 1. The van der Waals surface area contributed by atoms with Gasteiger partial charge in [0.1, 0.15) is 17.7 Å². The van der Waals surface area contributed by atoms with Crippen molar-refractivity contribution in [1.29, 1.82) is 0 Å². The maximum atomic E-state index is 15.2. The highest BCUT2D eigenvalue weighted by Gasteiger charge is 2.29. The van der Waals surface area contributed by atoms with Crippen molar-refractivity contribution in [3.63, 3.8) is 0 Å². The van der Waals surface area contributed by atoms with Gasteiger partial charge in [-0.25, -0.2) is 14.2 Å². The average Bonchev–Trinajstić information content (AvgIpc) is 2.88. The summed E-state index contributed by atoms with van der Waals surface area (Å²) in [6.45, 7) is 2.80. The van der Waals surface area contributed by atoms with Gasteiger partial charge < -0.3 is 9.47 Å². The summed E-state index contributed by atoms with van der Waals surface area (Å²) in [5, 5.41) is 0.532. The molecule has 4 aromatic rings. The van der Waals surface area contributed by atoms with Crippen LogP contribution >= 0.6 is 0 Å². The van der Waals surface area contributed by atoms with Gasteiger partial charge in [-0.3, -0.25) is 14.1 Å². The Bertz CT molecular complexity index is 1350. The second-order valence-electron chi connectivity index (χ2n) is 7.17. The zero-order valence-corrected chi connectivity index (χ0v) is 16.4. The summed E-state index contributed by atoms with van der Waals surface area (Å²) >= 11 is 0. The Morgan fingerprint density at radius 1 is 1.27 bits per heavy atom. The van der Waals surface area contributed by atoms with Crippen molar-refractivity contribution in [1.82, 2.24) is 19.1 Å². The van der Waals surface area contributed by atoms with Crippen LogP contribution in [0.3, 0.4) is 0 Å². The molecule has 1 aliphatic heterocycles. The molecule has 4 heterocycles. The number of aromatic nitrogens is 4. The Morgan fingerprint density at radius 3 is 2.83 bits per heavy atom. The van der Waals surface area contributed by atoms with Gasteiger partial charge in [-0.05, 0) is 19.1 Å². The van der Waals surface area contributed by atoms with Gasteiger partial charge in [-0.1, -0.05) is 0 Å². The fourth-order valence-corrected chi connectivity index (χ4v) is 3.99. The van der Waals surface area contributed by atoms with Gasteiger partial charge in [0.15, 0.2) is 0 Å². The van der Waals surface area contributed by atoms with Crippen molar-refractivity contribution in [2.24, 2.45) is 7.05 Å². The van der Waals surface area contributed by atoms with Crippen LogP contribution in [-0.2, 0) is 18.3 Å². The van der Waals surface area contributed by atoms with E-state index in [0.29, 0.717) is 34.1 Å². The molecule has 0 amide bonds. The summed E-state index contributed by atoms with van der Waals surface area (Å²) < 4.78 is 43.5. The number of rotatable bonds is 4. The van der Waals surface area contributed by atoms with E-state index in [1.807, 2.05) is 6.92 Å². The third kappa shape index (κ3) is 2.69. The number of pyridine rings is 2. The quantitative estimate of drug-likeness (QED) is 0.482. The van der Waals surface area contributed by atoms with Gasteiger partial charge in [0, 0.05) is 31.5 Å². The lowest BCUT2D eigenvalue weighted by Gasteiger charge is -2.20. The van der Waals surface area contributed by atoms with Crippen LogP contribution in [0.15, 0.2) is 35.4 Å². The first-order chi connectivity index (χ1) is 14.5. The second-order valence-corrected chi connectivity index (χ2v) is 7.17. The Morgan fingerprint density at radius 2 is 2.10 bits per heavy atom. The minimum absolute atomic E-state index is 0.149. The van der Waals surface area contributed by atoms with E-state index in [2.05, 4.69) is 9.97 Å². The standard InChI is InChI=1S/C21H18F2N4O3/c1-3-29-10-12-9-27-19-15(26(2)21(27)28)8-24-14-6-13(22)17(20(30-12)18(14)19)11-4-5-16(23)25-7-11/h4-8,12H,3,9-10H2,1-2H3. The Labute approximate surface area is 169 Å². The molecule has 0 aliphatic carbocycles. The van der Waals surface area contributed by atoms with Gasteiger partial charge >= 0.3 is 5.69 Å². The average molecular weight is 412 g/mol. The summed E-state index contributed by atoms with van der Waals surface area (Å²) in [7, 11) is 1.67. The molecule has 0 radical (unpaired) electrons. The maximum Gasteiger partial charge on any atom is 0.329 e. The number of hydrogen-bond acceptors (Lipinski definition) is 5. The van der Waals surface area contributed by atoms with E-state index < -0.39 is 17.9 Å². The molecule has 0 saturated carbocycles. The fraction of sp³-hybridized carbons (Fsp3) is 0.286. The highest BCUT2D eigenvalue weighted by atomic mass is 19.1. The first kappa shape index (κ1) is 18.7. The molecule has 9 heteroatoms. The number of hydrogen-bond donors (Lipinski definition) is 0. The molecule has 0 N–H and O–H groups in total. The molecule has 0 spiro atoms. The monoisotopic (exact) mass is 412 g/mol. The third-order valence-electron chi connectivity index (χ3n) is 5.36. The predicted octanol–water partition coefficient (Wildman–Crippen LogP) is 3.03. The molecule has 1 aliphatic rings. The fourth-order valence-electron chi connectivity index (χ4n) is 3.99. The molecule has 7 nitrogen and oxygen atoms in total. The van der Waals surface area contributed by atoms with Gasteiger partial charge in [0.05, 0.1) is 46.8 Å². The molecule has 0 fully saturated rings. The van der Waals surface area contributed by atoms with Crippen LogP contribution in [0, 0.1) is 11.8 Å². The van der Waals surface area contributed by atoms with E-state index in [9.17, 15) is 9.18 Å². The number of ether oxygens (including phenoxy) is 2. The number of halogens is 2. The topological polar surface area (TPSA) is 71.2 Å². The molecule has 1 atom stereocenters. The molecular formula is C21H18F2N4O3. The molecule has 30 heavy (non-hydrogen) atoms. The van der Waals surface area contributed by atoms with Crippen LogP contribution in [-0.4, -0.2) is 38.4 Å². The predicted molar refractivity (Wildman–Crippen MR) is 107 cm³/mol. The van der Waals surface area contributed by atoms with E-state index in [1.54, 1.807) is 17.8 Å². The van der Waals surface area contributed by atoms with E-state index >= 15 is 4.39 Å². The van der Waals surface area contributed by atoms with E-state index in [0.717, 1.165) is 6.07 Å². The van der Waals surface area contributed by atoms with Crippen molar-refractivity contribution in [2.45, 2.75) is 19.6 Å². The maximum absolute atomic E-state index is 15.2. The molecule has 5 rings (SSSR count). The van der Waals surface area contributed by atoms with E-state index in [-0.39, 0.29) is 30.2 Å². The van der Waals surface area contributed by atoms with E-state index in [4.69, 9.17) is 9.47 Å². The molecule has 1 unspecified atom stereocenters. The first-order valence-electron chi connectivity index (χ1n) is 9.56. The Balaban J connectivity index is 1.89. The lowest BCUT2D eigenvalue weighted by Crippen LogP contribution is -2.33. The summed E-state index contributed by atoms with van der Waals surface area (Å²) in [6, 6.07) is 3.91. The van der Waals surface area contributed by atoms with Crippen molar-refractivity contribution < 1.29 is 18.3 Å². The number of benzene rings is 1. The van der Waals surface area contributed by atoms with Crippen molar-refractivity contribution in [3.8, 4) is 16.9 Å². The molecule has 0 bridgehead atoms. The molecular weight excluding hydrogens is 394 g/mol. The lowest BCUT2D eigenvalue weighted by atomic mass is 10.0. The first-order valence-corrected chi connectivity index (χ1v) is 9.56. The number of nitrogens with zero attached hydrogens (tertiary/aromatic N) is 4. The minimum Gasteiger partial charge on any atom is -0.485 e. The van der Waals surface area contributed by atoms with Crippen molar-refractivity contribution >= 4 is 21.9 Å². The third-order valence-corrected chi connectivity index (χ3v) is 5.36. The van der Waals surface area contributed by atoms with Gasteiger partial charge in [-0.15, -0.1) is 0 Å². The molecule has 3 aromatic heterocycles. The van der Waals surface area contributed by atoms with Crippen LogP contribution in [0.2, 0.25) is 0 Å². The summed E-state index contributed by atoms with van der Waals surface area (Å²) in [4.78, 5) is 20.9. The SMILES string of the molecule is CCOCC1Cn2c(=O)n(C)c3cnc4cc(F)c(-c5ccc(F)nc5)c(c4c32)O1. The van der Waals surface area contributed by atoms with Gasteiger partial charge in [0.2, 0.25) is 5.95 Å². The van der Waals surface area contributed by atoms with Crippen LogP contribution < -0.4 is 10.4 Å². The van der Waals surface area contributed by atoms with Crippen LogP contribution in [0.1, 0.15) is 6.92 Å². The zero-order valence-electron chi connectivity index (χ0n) is 16.4. The highest BCUT2D eigenvalue weighted by molar-refractivity contribution is 6.09. The van der Waals surface area contributed by atoms with Crippen LogP contribution in [0.5, 0.6) is 5.75 Å². The molecule has 1 aromatic carbocycles. The smallest absolute Gasteiger partial charge is 0.329 e. The summed E-state index contributed by atoms with van der Waals surface area (Å²) in [5.41, 5.74) is 1.90. The normalized spacial score (nSPS) is 15.7. The highest BCUT2D eigenvalue weighted by Crippen LogP contribution is 2.43. The zero-order chi connectivity index (χ0) is 21.0. The van der Waals surface area contributed by atoms with Crippen LogP contribution in [0.25, 0.3) is 33.1 Å². The largest absolute Gasteiger partial charge is 0.485 e. The van der Waals surface area contributed by atoms with Gasteiger partial charge in [-0.2, -0.15) is 4.39 Å². The second kappa shape index (κ2) is 6.88. The van der Waals surface area contributed by atoms with E-state index in [1.165, 1.54) is 22.9 Å². The molecule has 154 valence electrons. The number of aryl methyl sites for hydroxylation is 1. The van der Waals surface area contributed by atoms with Crippen LogP contribution in [0.4, 0.5) is 8.78 Å². The Hall–Kier alpha value is -3.33. The van der Waals surface area contributed by atoms with Crippen molar-refractivity contribution in [3.05, 3.63) is 52.8 Å². The van der Waals surface area contributed by atoms with Gasteiger partial charge in [0.25, 0.3) is 0 Å².